The first-order valence-corrected chi connectivity index (χ1v) is 13.3. The van der Waals surface area contributed by atoms with Gasteiger partial charge in [0.15, 0.2) is 0 Å². The van der Waals surface area contributed by atoms with Crippen molar-refractivity contribution in [2.75, 3.05) is 12.9 Å². The van der Waals surface area contributed by atoms with Gasteiger partial charge in [0, 0.05) is 19.5 Å². The van der Waals surface area contributed by atoms with Crippen LogP contribution in [0.4, 0.5) is 0 Å². The van der Waals surface area contributed by atoms with Gasteiger partial charge < -0.3 is 14.0 Å². The number of benzene rings is 3. The highest BCUT2D eigenvalue weighted by Crippen LogP contribution is 2.20. The molecule has 0 saturated carbocycles. The molecule has 0 spiro atoms. The van der Waals surface area contributed by atoms with Gasteiger partial charge in [-0.1, -0.05) is 61.5 Å². The molecule has 3 aromatic rings. The van der Waals surface area contributed by atoms with Crippen LogP contribution < -0.4 is 8.92 Å². The molecule has 7 nitrogen and oxygen atoms in total. The summed E-state index contributed by atoms with van der Waals surface area (Å²) in [6, 6.07) is 23.8. The zero-order valence-electron chi connectivity index (χ0n) is 20.0. The number of aliphatic carboxylic acids is 1. The smallest absolute Gasteiger partial charge is 0.320 e. The molecular weight excluding hydrogens is 466 g/mol. The van der Waals surface area contributed by atoms with Crippen LogP contribution in [0.2, 0.25) is 0 Å². The van der Waals surface area contributed by atoms with Crippen LogP contribution in [0.15, 0.2) is 78.9 Å². The maximum Gasteiger partial charge on any atom is 0.320 e. The molecule has 0 radical (unpaired) electrons. The van der Waals surface area contributed by atoms with E-state index in [1.54, 1.807) is 18.2 Å². The largest absolute Gasteiger partial charge is 0.493 e. The molecule has 186 valence electrons. The Hall–Kier alpha value is -3.36. The van der Waals surface area contributed by atoms with Gasteiger partial charge in [0.25, 0.3) is 0 Å². The van der Waals surface area contributed by atoms with Gasteiger partial charge in [0.1, 0.15) is 17.5 Å². The summed E-state index contributed by atoms with van der Waals surface area (Å²) < 4.78 is 33.5. The summed E-state index contributed by atoms with van der Waals surface area (Å²) in [5.41, 5.74) is 2.91. The van der Waals surface area contributed by atoms with Crippen molar-refractivity contribution >= 4 is 16.1 Å². The van der Waals surface area contributed by atoms with E-state index in [1.807, 2.05) is 72.5 Å². The van der Waals surface area contributed by atoms with Crippen molar-refractivity contribution in [2.24, 2.45) is 0 Å². The molecule has 8 heteroatoms. The van der Waals surface area contributed by atoms with Crippen LogP contribution >= 0.6 is 0 Å². The van der Waals surface area contributed by atoms with E-state index in [1.165, 1.54) is 0 Å². The Labute approximate surface area is 207 Å². The minimum absolute atomic E-state index is 0.273. The number of hydrogen-bond donors (Lipinski definition) is 1. The topological polar surface area (TPSA) is 93.1 Å². The first-order valence-electron chi connectivity index (χ1n) is 11.4. The van der Waals surface area contributed by atoms with Gasteiger partial charge in [-0.05, 0) is 47.4 Å². The monoisotopic (exact) mass is 497 g/mol. The summed E-state index contributed by atoms with van der Waals surface area (Å²) in [6.07, 6.45) is 2.08. The Morgan fingerprint density at radius 2 is 1.49 bits per heavy atom. The van der Waals surface area contributed by atoms with Crippen molar-refractivity contribution in [1.29, 1.82) is 0 Å². The van der Waals surface area contributed by atoms with E-state index in [2.05, 4.69) is 0 Å². The molecule has 3 rings (SSSR count). The SMILES string of the molecule is CCC(C(=O)O)N(Cc1ccccc1)Cc1cccc(OCCc2cccc(OS(C)(=O)=O)c2)c1. The number of ether oxygens (including phenoxy) is 1. The van der Waals surface area contributed by atoms with E-state index in [0.717, 1.165) is 22.9 Å². The van der Waals surface area contributed by atoms with E-state index < -0.39 is 22.1 Å². The Bertz CT molecular complexity index is 1210. The average molecular weight is 498 g/mol. The number of carbonyl (C=O) groups is 1. The van der Waals surface area contributed by atoms with Gasteiger partial charge in [-0.15, -0.1) is 0 Å². The van der Waals surface area contributed by atoms with Crippen LogP contribution in [0.25, 0.3) is 0 Å². The first kappa shape index (κ1) is 26.2. The minimum Gasteiger partial charge on any atom is -0.493 e. The zero-order chi connectivity index (χ0) is 25.3. The summed E-state index contributed by atoms with van der Waals surface area (Å²) in [7, 11) is -3.58. The van der Waals surface area contributed by atoms with Gasteiger partial charge in [0.2, 0.25) is 0 Å². The maximum atomic E-state index is 11.9. The maximum absolute atomic E-state index is 11.9. The second-order valence-electron chi connectivity index (χ2n) is 8.33. The van der Waals surface area contributed by atoms with Crippen molar-refractivity contribution in [1.82, 2.24) is 4.90 Å². The van der Waals surface area contributed by atoms with Crippen LogP contribution in [-0.4, -0.2) is 43.3 Å². The number of carboxylic acids is 1. The van der Waals surface area contributed by atoms with Crippen LogP contribution in [-0.2, 0) is 34.4 Å². The van der Waals surface area contributed by atoms with E-state index in [0.29, 0.717) is 38.3 Å². The predicted molar refractivity (Wildman–Crippen MR) is 135 cm³/mol. The highest BCUT2D eigenvalue weighted by atomic mass is 32.2. The Balaban J connectivity index is 1.65. The third-order valence-electron chi connectivity index (χ3n) is 5.43. The number of carboxylic acid groups (broad SMARTS) is 1. The van der Waals surface area contributed by atoms with E-state index >= 15 is 0 Å². The van der Waals surface area contributed by atoms with Crippen LogP contribution in [0, 0.1) is 0 Å². The highest BCUT2D eigenvalue weighted by Gasteiger charge is 2.24. The molecule has 0 fully saturated rings. The van der Waals surface area contributed by atoms with Crippen molar-refractivity contribution in [3.8, 4) is 11.5 Å². The number of hydrogen-bond acceptors (Lipinski definition) is 6. The van der Waals surface area contributed by atoms with Gasteiger partial charge in [-0.25, -0.2) is 0 Å². The quantitative estimate of drug-likeness (QED) is 0.347. The predicted octanol–water partition coefficient (Wildman–Crippen LogP) is 4.51. The molecular formula is C27H31NO6S. The highest BCUT2D eigenvalue weighted by molar-refractivity contribution is 7.86. The molecule has 0 aliphatic rings. The van der Waals surface area contributed by atoms with E-state index in [-0.39, 0.29) is 5.75 Å². The summed E-state index contributed by atoms with van der Waals surface area (Å²) >= 11 is 0. The fourth-order valence-electron chi connectivity index (χ4n) is 3.87. The molecule has 0 aliphatic heterocycles. The molecule has 1 N–H and O–H groups in total. The van der Waals surface area contributed by atoms with Crippen molar-refractivity contribution < 1.29 is 27.2 Å². The average Bonchev–Trinajstić information content (AvgIpc) is 2.79. The van der Waals surface area contributed by atoms with Crippen LogP contribution in [0.5, 0.6) is 11.5 Å². The molecule has 35 heavy (non-hydrogen) atoms. The lowest BCUT2D eigenvalue weighted by molar-refractivity contribution is -0.144. The number of nitrogens with zero attached hydrogens (tertiary/aromatic N) is 1. The molecule has 3 aromatic carbocycles. The van der Waals surface area contributed by atoms with Gasteiger partial charge >= 0.3 is 16.1 Å². The van der Waals surface area contributed by atoms with E-state index in [9.17, 15) is 18.3 Å². The molecule has 0 aromatic heterocycles. The van der Waals surface area contributed by atoms with Crippen molar-refractivity contribution in [3.63, 3.8) is 0 Å². The van der Waals surface area contributed by atoms with E-state index in [4.69, 9.17) is 8.92 Å². The molecule has 0 saturated heterocycles. The third-order valence-corrected chi connectivity index (χ3v) is 5.93. The second kappa shape index (κ2) is 12.4. The molecule has 0 aliphatic carbocycles. The summed E-state index contributed by atoms with van der Waals surface area (Å²) in [5, 5.41) is 9.75. The van der Waals surface area contributed by atoms with Crippen molar-refractivity contribution in [2.45, 2.75) is 38.9 Å². The van der Waals surface area contributed by atoms with Gasteiger partial charge in [-0.2, -0.15) is 8.42 Å². The molecule has 0 heterocycles. The van der Waals surface area contributed by atoms with Gasteiger partial charge in [-0.3, -0.25) is 9.69 Å². The number of rotatable bonds is 13. The lowest BCUT2D eigenvalue weighted by Crippen LogP contribution is -2.39. The summed E-state index contributed by atoms with van der Waals surface area (Å²) in [6.45, 7) is 3.28. The zero-order valence-corrected chi connectivity index (χ0v) is 20.8. The third kappa shape index (κ3) is 8.73. The summed E-state index contributed by atoms with van der Waals surface area (Å²) in [4.78, 5) is 13.8. The minimum atomic E-state index is -3.58. The first-order chi connectivity index (χ1) is 16.7. The Morgan fingerprint density at radius 3 is 2.14 bits per heavy atom. The van der Waals surface area contributed by atoms with Crippen molar-refractivity contribution in [3.05, 3.63) is 95.6 Å². The molecule has 0 amide bonds. The van der Waals surface area contributed by atoms with Crippen LogP contribution in [0.1, 0.15) is 30.0 Å². The molecule has 1 atom stereocenters. The molecule has 1 unspecified atom stereocenters. The fourth-order valence-corrected chi connectivity index (χ4v) is 4.32. The van der Waals surface area contributed by atoms with Crippen LogP contribution in [0.3, 0.4) is 0 Å². The second-order valence-corrected chi connectivity index (χ2v) is 9.91. The Morgan fingerprint density at radius 1 is 0.886 bits per heavy atom. The fraction of sp³-hybridized carbons (Fsp3) is 0.296. The lowest BCUT2D eigenvalue weighted by atomic mass is 10.1. The van der Waals surface area contributed by atoms with Gasteiger partial charge in [0.05, 0.1) is 12.9 Å². The lowest BCUT2D eigenvalue weighted by Gasteiger charge is -2.28. The summed E-state index contributed by atoms with van der Waals surface area (Å²) in [5.74, 6) is 0.126. The standard InChI is InChI=1S/C27H31NO6S/c1-3-26(27(29)30)28(19-22-9-5-4-6-10-22)20-23-12-8-13-24(18-23)33-16-15-21-11-7-14-25(17-21)34-35(2,31)32/h4-14,17-18,26H,3,15-16,19-20H2,1-2H3,(H,29,30). The molecule has 0 bridgehead atoms. The normalized spacial score (nSPS) is 12.3. The Kier molecular flexibility index (Phi) is 9.28.